The summed E-state index contributed by atoms with van der Waals surface area (Å²) in [5.41, 5.74) is -1.98. The van der Waals surface area contributed by atoms with Gasteiger partial charge in [0.2, 0.25) is 5.70 Å². The van der Waals surface area contributed by atoms with Crippen LogP contribution in [0.2, 0.25) is 0 Å². The van der Waals surface area contributed by atoms with E-state index in [9.17, 15) is 32.8 Å². The fraction of sp³-hybridized carbons (Fsp3) is 0.231. The highest BCUT2D eigenvalue weighted by Gasteiger charge is 2.34. The van der Waals surface area contributed by atoms with Gasteiger partial charge in [-0.3, -0.25) is 4.79 Å². The lowest BCUT2D eigenvalue weighted by molar-refractivity contribution is -0.274. The van der Waals surface area contributed by atoms with Crippen LogP contribution in [0.3, 0.4) is 0 Å². The van der Waals surface area contributed by atoms with Crippen molar-refractivity contribution in [2.24, 2.45) is 5.18 Å². The Morgan fingerprint density at radius 2 is 1.96 bits per heavy atom. The van der Waals surface area contributed by atoms with Gasteiger partial charge in [-0.2, -0.15) is 0 Å². The Balaban J connectivity index is 3.44. The number of aliphatic hydroxyl groups is 1. The molecule has 0 spiro atoms. The molecule has 1 N–H and O–H groups in total. The first kappa shape index (κ1) is 19.6. The molecule has 0 aromatic heterocycles. The highest BCUT2D eigenvalue weighted by Crippen LogP contribution is 2.34. The Labute approximate surface area is 141 Å². The Morgan fingerprint density at radius 1 is 1.33 bits per heavy atom. The fourth-order valence-corrected chi connectivity index (χ4v) is 1.88. The van der Waals surface area contributed by atoms with Crippen molar-refractivity contribution < 1.29 is 37.3 Å². The molecule has 0 bridgehead atoms. The molecule has 24 heavy (non-hydrogen) atoms. The largest absolute Gasteiger partial charge is 0.573 e. The van der Waals surface area contributed by atoms with E-state index in [1.54, 1.807) is 0 Å². The van der Waals surface area contributed by atoms with E-state index < -0.39 is 40.9 Å². The Morgan fingerprint density at radius 3 is 2.46 bits per heavy atom. The first-order valence-corrected chi connectivity index (χ1v) is 6.93. The number of halogens is 4. The van der Waals surface area contributed by atoms with Gasteiger partial charge in [0.25, 0.3) is 5.78 Å². The van der Waals surface area contributed by atoms with Crippen LogP contribution in [-0.4, -0.2) is 29.8 Å². The van der Waals surface area contributed by atoms with Crippen molar-refractivity contribution >= 4 is 33.4 Å². The third kappa shape index (κ3) is 5.05. The van der Waals surface area contributed by atoms with Crippen LogP contribution in [0.4, 0.5) is 13.2 Å². The van der Waals surface area contributed by atoms with Crippen molar-refractivity contribution in [2.45, 2.75) is 13.3 Å². The molecule has 0 radical (unpaired) electrons. The second-order valence-corrected chi connectivity index (χ2v) is 4.94. The maximum Gasteiger partial charge on any atom is 0.573 e. The van der Waals surface area contributed by atoms with E-state index in [0.29, 0.717) is 0 Å². The van der Waals surface area contributed by atoms with Crippen molar-refractivity contribution in [1.82, 2.24) is 0 Å². The van der Waals surface area contributed by atoms with Crippen LogP contribution in [-0.2, 0) is 14.3 Å². The highest BCUT2D eigenvalue weighted by molar-refractivity contribution is 9.10. The van der Waals surface area contributed by atoms with Gasteiger partial charge in [-0.15, -0.1) is 18.1 Å². The molecule has 0 saturated heterocycles. The van der Waals surface area contributed by atoms with Gasteiger partial charge in [-0.25, -0.2) is 4.79 Å². The number of benzene rings is 1. The number of carbonyl (C=O) groups is 2. The van der Waals surface area contributed by atoms with Gasteiger partial charge >= 0.3 is 12.3 Å². The Kier molecular flexibility index (Phi) is 6.46. The number of carbonyl (C=O) groups excluding carboxylic acids is 2. The summed E-state index contributed by atoms with van der Waals surface area (Å²) in [7, 11) is 0. The zero-order valence-corrected chi connectivity index (χ0v) is 13.5. The number of ketones is 1. The van der Waals surface area contributed by atoms with Gasteiger partial charge in [0.05, 0.1) is 12.2 Å². The lowest BCUT2D eigenvalue weighted by Gasteiger charge is -2.13. The summed E-state index contributed by atoms with van der Waals surface area (Å²) in [5, 5.41) is 12.2. The molecule has 0 amide bonds. The molecule has 0 aliphatic carbocycles. The number of esters is 1. The number of hydrogen-bond acceptors (Lipinski definition) is 7. The average molecular weight is 412 g/mol. The van der Waals surface area contributed by atoms with Crippen LogP contribution in [0.1, 0.15) is 12.5 Å². The number of alkyl halides is 3. The van der Waals surface area contributed by atoms with Crippen LogP contribution < -0.4 is 4.74 Å². The van der Waals surface area contributed by atoms with E-state index >= 15 is 0 Å². The van der Waals surface area contributed by atoms with E-state index in [2.05, 4.69) is 30.6 Å². The molecule has 0 fully saturated rings. The van der Waals surface area contributed by atoms with Crippen molar-refractivity contribution in [3.05, 3.63) is 38.8 Å². The van der Waals surface area contributed by atoms with E-state index in [0.717, 1.165) is 12.1 Å². The average Bonchev–Trinajstić information content (AvgIpc) is 2.48. The minimum absolute atomic E-state index is 0.198. The van der Waals surface area contributed by atoms with Gasteiger partial charge in [0.15, 0.2) is 5.76 Å². The molecule has 1 aromatic rings. The first-order chi connectivity index (χ1) is 11.1. The van der Waals surface area contributed by atoms with E-state index in [-0.39, 0.29) is 11.1 Å². The monoisotopic (exact) mass is 411 g/mol. The van der Waals surface area contributed by atoms with Gasteiger partial charge in [0, 0.05) is 4.47 Å². The maximum absolute atomic E-state index is 12.4. The van der Waals surface area contributed by atoms with Crippen LogP contribution in [0.5, 0.6) is 5.75 Å². The molecule has 0 aliphatic rings. The molecule has 1 aromatic carbocycles. The standard InChI is InChI=1S/C13H9BrF3NO6/c1-2-23-12(21)11(20)9(18-22)10(19)7-5-6(14)3-4-8(7)24-13(15,16)17/h3-5,19H,2H2,1H3. The van der Waals surface area contributed by atoms with Crippen LogP contribution in [0.25, 0.3) is 5.76 Å². The van der Waals surface area contributed by atoms with Crippen LogP contribution >= 0.6 is 15.9 Å². The maximum atomic E-state index is 12.4. The van der Waals surface area contributed by atoms with Gasteiger partial charge in [0.1, 0.15) is 5.75 Å². The minimum Gasteiger partial charge on any atom is -0.505 e. The molecule has 1 rings (SSSR count). The molecule has 130 valence electrons. The summed E-state index contributed by atoms with van der Waals surface area (Å²) in [6.07, 6.45) is -5.09. The smallest absolute Gasteiger partial charge is 0.505 e. The summed E-state index contributed by atoms with van der Waals surface area (Å²) in [6.45, 7) is 1.18. The van der Waals surface area contributed by atoms with Crippen molar-refractivity contribution in [3.63, 3.8) is 0 Å². The zero-order valence-electron chi connectivity index (χ0n) is 11.9. The van der Waals surface area contributed by atoms with Crippen molar-refractivity contribution in [2.75, 3.05) is 6.61 Å². The number of aliphatic hydroxyl groups excluding tert-OH is 1. The molecular formula is C13H9BrF3NO6. The topological polar surface area (TPSA) is 102 Å². The van der Waals surface area contributed by atoms with Crippen molar-refractivity contribution in [1.29, 1.82) is 0 Å². The van der Waals surface area contributed by atoms with E-state index in [1.807, 2.05) is 0 Å². The second-order valence-electron chi connectivity index (χ2n) is 4.03. The fourth-order valence-electron chi connectivity index (χ4n) is 1.51. The predicted molar refractivity (Wildman–Crippen MR) is 77.8 cm³/mol. The van der Waals surface area contributed by atoms with Gasteiger partial charge in [-0.1, -0.05) is 15.9 Å². The quantitative estimate of drug-likeness (QED) is 0.252. The summed E-state index contributed by atoms with van der Waals surface area (Å²) >= 11 is 2.95. The lowest BCUT2D eigenvalue weighted by atomic mass is 10.1. The third-order valence-corrected chi connectivity index (χ3v) is 2.91. The number of ether oxygens (including phenoxy) is 2. The number of Topliss-reactive ketones (excluding diaryl/α,β-unsaturated/α-hetero) is 1. The minimum atomic E-state index is -5.09. The zero-order chi connectivity index (χ0) is 18.5. The van der Waals surface area contributed by atoms with Crippen LogP contribution in [0, 0.1) is 4.91 Å². The van der Waals surface area contributed by atoms with Crippen molar-refractivity contribution in [3.8, 4) is 5.75 Å². The molecule has 7 nitrogen and oxygen atoms in total. The van der Waals surface area contributed by atoms with Gasteiger partial charge in [-0.05, 0) is 30.3 Å². The van der Waals surface area contributed by atoms with Crippen LogP contribution in [0.15, 0.2) is 33.5 Å². The van der Waals surface area contributed by atoms with E-state index in [4.69, 9.17) is 0 Å². The molecule has 11 heteroatoms. The molecule has 0 unspecified atom stereocenters. The summed E-state index contributed by atoms with van der Waals surface area (Å²) in [6, 6.07) is 2.94. The lowest BCUT2D eigenvalue weighted by Crippen LogP contribution is -2.20. The Hall–Kier alpha value is -2.43. The molecule has 0 heterocycles. The predicted octanol–water partition coefficient (Wildman–Crippen LogP) is 3.47. The Bertz CT molecular complexity index is 701. The highest BCUT2D eigenvalue weighted by atomic mass is 79.9. The van der Waals surface area contributed by atoms with Gasteiger partial charge < -0.3 is 14.6 Å². The number of hydrogen-bond donors (Lipinski definition) is 1. The SMILES string of the molecule is CCOC(=O)C(=O)C(N=O)=C(O)c1cc(Br)ccc1OC(F)(F)F. The molecule has 0 aliphatic heterocycles. The molecular weight excluding hydrogens is 403 g/mol. The summed E-state index contributed by atoms with van der Waals surface area (Å²) in [4.78, 5) is 33.8. The first-order valence-electron chi connectivity index (χ1n) is 6.14. The molecule has 0 atom stereocenters. The normalized spacial score (nSPS) is 12.2. The third-order valence-electron chi connectivity index (χ3n) is 2.41. The summed E-state index contributed by atoms with van der Waals surface area (Å²) < 4.78 is 45.5. The number of nitroso groups, excluding NO2 is 1. The number of rotatable bonds is 6. The number of nitrogens with zero attached hydrogens (tertiary/aromatic N) is 1. The van der Waals surface area contributed by atoms with E-state index in [1.165, 1.54) is 13.0 Å². The summed E-state index contributed by atoms with van der Waals surface area (Å²) in [5.74, 6) is -5.26. The molecule has 0 saturated carbocycles. The second kappa shape index (κ2) is 7.90.